The van der Waals surface area contributed by atoms with Gasteiger partial charge in [0, 0.05) is 25.7 Å². The maximum atomic E-state index is 11.4. The zero-order chi connectivity index (χ0) is 9.14. The Balaban J connectivity index is 2.82. The minimum absolute atomic E-state index is 0.0897. The zero-order valence-corrected chi connectivity index (χ0v) is 7.18. The summed E-state index contributed by atoms with van der Waals surface area (Å²) >= 11 is 0. The van der Waals surface area contributed by atoms with Gasteiger partial charge < -0.3 is 10.6 Å². The molecule has 1 aliphatic rings. The predicted octanol–water partition coefficient (Wildman–Crippen LogP) is -0.575. The number of hydrogen-bond donors (Lipinski definition) is 2. The molecule has 1 amide bonds. The fraction of sp³-hybridized carbons (Fsp3) is 0.500. The molecule has 0 aromatic carbocycles. The molecule has 66 valence electrons. The topological polar surface area (TPSA) is 58.2 Å². The Morgan fingerprint density at radius 3 is 3.00 bits per heavy atom. The molecule has 0 aromatic heterocycles. The summed E-state index contributed by atoms with van der Waals surface area (Å²) in [5, 5.41) is 5.30. The lowest BCUT2D eigenvalue weighted by atomic mass is 9.97. The Morgan fingerprint density at radius 1 is 1.75 bits per heavy atom. The molecule has 0 bridgehead atoms. The summed E-state index contributed by atoms with van der Waals surface area (Å²) in [6.07, 6.45) is 1.47. The van der Waals surface area contributed by atoms with E-state index in [0.717, 1.165) is 0 Å². The van der Waals surface area contributed by atoms with Crippen LogP contribution >= 0.6 is 0 Å². The second-order valence-corrected chi connectivity index (χ2v) is 2.81. The summed E-state index contributed by atoms with van der Waals surface area (Å²) in [6.45, 7) is 2.41. The molecule has 12 heavy (non-hydrogen) atoms. The van der Waals surface area contributed by atoms with Crippen LogP contribution in [0.5, 0.6) is 0 Å². The highest BCUT2D eigenvalue weighted by Crippen LogP contribution is 2.09. The van der Waals surface area contributed by atoms with Gasteiger partial charge in [-0.25, -0.2) is 0 Å². The second-order valence-electron chi connectivity index (χ2n) is 2.81. The smallest absolute Gasteiger partial charge is 0.256 e. The first-order chi connectivity index (χ1) is 5.66. The quantitative estimate of drug-likeness (QED) is 0.515. The molecule has 0 saturated carbocycles. The van der Waals surface area contributed by atoms with Crippen molar-refractivity contribution in [2.45, 2.75) is 6.92 Å². The Bertz CT molecular complexity index is 245. The highest BCUT2D eigenvalue weighted by Gasteiger charge is 2.25. The third-order valence-electron chi connectivity index (χ3n) is 1.86. The largest absolute Gasteiger partial charge is 0.389 e. The van der Waals surface area contributed by atoms with Gasteiger partial charge in [-0.2, -0.15) is 0 Å². The lowest BCUT2D eigenvalue weighted by Crippen LogP contribution is -2.36. The summed E-state index contributed by atoms with van der Waals surface area (Å²) < 4.78 is 0. The van der Waals surface area contributed by atoms with E-state index in [-0.39, 0.29) is 23.2 Å². The van der Waals surface area contributed by atoms with Crippen molar-refractivity contribution in [2.24, 2.45) is 5.92 Å². The van der Waals surface area contributed by atoms with Crippen molar-refractivity contribution in [3.63, 3.8) is 0 Å². The van der Waals surface area contributed by atoms with Crippen LogP contribution in [0, 0.1) is 5.92 Å². The van der Waals surface area contributed by atoms with Gasteiger partial charge in [-0.3, -0.25) is 9.59 Å². The van der Waals surface area contributed by atoms with Crippen LogP contribution in [0.3, 0.4) is 0 Å². The number of carbonyl (C=O) groups excluding carboxylic acids is 2. The normalized spacial score (nSPS) is 22.7. The molecule has 0 aliphatic carbocycles. The van der Waals surface area contributed by atoms with E-state index in [9.17, 15) is 9.59 Å². The molecular weight excluding hydrogens is 156 g/mol. The lowest BCUT2D eigenvalue weighted by molar-refractivity contribution is -0.124. The summed E-state index contributed by atoms with van der Waals surface area (Å²) in [5.74, 6) is -0.519. The van der Waals surface area contributed by atoms with E-state index in [0.29, 0.717) is 6.54 Å². The standard InChI is InChI=1S/C8H12N2O2/c1-5-3-10-4-6(7(5)11)8(12)9-2/h4-5,10H,3H2,1-2H3,(H,9,12). The monoisotopic (exact) mass is 168 g/mol. The van der Waals surface area contributed by atoms with Crippen molar-refractivity contribution < 1.29 is 9.59 Å². The Kier molecular flexibility index (Phi) is 2.47. The number of nitrogens with one attached hydrogen (secondary N) is 2. The number of carbonyl (C=O) groups is 2. The van der Waals surface area contributed by atoms with Gasteiger partial charge in [0.15, 0.2) is 5.78 Å². The summed E-state index contributed by atoms with van der Waals surface area (Å²) in [7, 11) is 1.51. The number of ketones is 1. The Labute approximate surface area is 71.0 Å². The minimum Gasteiger partial charge on any atom is -0.389 e. The van der Waals surface area contributed by atoms with E-state index in [1.165, 1.54) is 13.2 Å². The molecule has 1 aliphatic heterocycles. The van der Waals surface area contributed by atoms with E-state index in [4.69, 9.17) is 0 Å². The molecule has 1 unspecified atom stereocenters. The van der Waals surface area contributed by atoms with Gasteiger partial charge in [-0.15, -0.1) is 0 Å². The molecule has 0 aromatic rings. The summed E-state index contributed by atoms with van der Waals surface area (Å²) in [5.41, 5.74) is 0.219. The average Bonchev–Trinajstić information content (AvgIpc) is 2.08. The number of likely N-dealkylation sites (N-methyl/N-ethyl adjacent to an activating group) is 1. The van der Waals surface area contributed by atoms with Gasteiger partial charge >= 0.3 is 0 Å². The van der Waals surface area contributed by atoms with Crippen molar-refractivity contribution in [1.29, 1.82) is 0 Å². The lowest BCUT2D eigenvalue weighted by Gasteiger charge is -2.17. The van der Waals surface area contributed by atoms with Crippen LogP contribution in [0.25, 0.3) is 0 Å². The predicted molar refractivity (Wildman–Crippen MR) is 44.3 cm³/mol. The molecular formula is C8H12N2O2. The van der Waals surface area contributed by atoms with E-state index in [1.54, 1.807) is 6.92 Å². The van der Waals surface area contributed by atoms with Crippen molar-refractivity contribution >= 4 is 11.7 Å². The third kappa shape index (κ3) is 1.47. The van der Waals surface area contributed by atoms with E-state index < -0.39 is 0 Å². The SMILES string of the molecule is CNC(=O)C1=CNCC(C)C1=O. The second kappa shape index (κ2) is 3.38. The van der Waals surface area contributed by atoms with E-state index in [2.05, 4.69) is 10.6 Å². The molecule has 1 atom stereocenters. The number of hydrogen-bond acceptors (Lipinski definition) is 3. The van der Waals surface area contributed by atoms with Crippen LogP contribution in [0.4, 0.5) is 0 Å². The van der Waals surface area contributed by atoms with E-state index in [1.807, 2.05) is 0 Å². The maximum Gasteiger partial charge on any atom is 0.256 e. The number of amides is 1. The van der Waals surface area contributed by atoms with Crippen LogP contribution in [0.2, 0.25) is 0 Å². The van der Waals surface area contributed by atoms with Crippen LogP contribution in [-0.2, 0) is 9.59 Å². The highest BCUT2D eigenvalue weighted by atomic mass is 16.2. The fourth-order valence-electron chi connectivity index (χ4n) is 1.08. The van der Waals surface area contributed by atoms with Crippen LogP contribution in [0.15, 0.2) is 11.8 Å². The molecule has 0 saturated heterocycles. The van der Waals surface area contributed by atoms with Crippen molar-refractivity contribution in [3.05, 3.63) is 11.8 Å². The number of rotatable bonds is 1. The minimum atomic E-state index is -0.320. The molecule has 4 nitrogen and oxygen atoms in total. The molecule has 0 radical (unpaired) electrons. The fourth-order valence-corrected chi connectivity index (χ4v) is 1.08. The van der Waals surface area contributed by atoms with Crippen LogP contribution < -0.4 is 10.6 Å². The van der Waals surface area contributed by atoms with Gasteiger partial charge in [0.1, 0.15) is 0 Å². The zero-order valence-electron chi connectivity index (χ0n) is 7.18. The first kappa shape index (κ1) is 8.77. The van der Waals surface area contributed by atoms with Gasteiger partial charge in [0.05, 0.1) is 5.57 Å². The Hall–Kier alpha value is -1.32. The van der Waals surface area contributed by atoms with Crippen molar-refractivity contribution in [2.75, 3.05) is 13.6 Å². The first-order valence-electron chi connectivity index (χ1n) is 3.86. The third-order valence-corrected chi connectivity index (χ3v) is 1.86. The van der Waals surface area contributed by atoms with Gasteiger partial charge in [-0.1, -0.05) is 6.92 Å². The van der Waals surface area contributed by atoms with E-state index >= 15 is 0 Å². The summed E-state index contributed by atoms with van der Waals surface area (Å²) in [6, 6.07) is 0. The van der Waals surface area contributed by atoms with Gasteiger partial charge in [0.2, 0.25) is 0 Å². The first-order valence-corrected chi connectivity index (χ1v) is 3.86. The molecule has 0 fully saturated rings. The molecule has 0 spiro atoms. The molecule has 1 rings (SSSR count). The van der Waals surface area contributed by atoms with Gasteiger partial charge in [0.25, 0.3) is 5.91 Å². The Morgan fingerprint density at radius 2 is 2.42 bits per heavy atom. The average molecular weight is 168 g/mol. The van der Waals surface area contributed by atoms with Crippen LogP contribution in [0.1, 0.15) is 6.92 Å². The van der Waals surface area contributed by atoms with Gasteiger partial charge in [-0.05, 0) is 0 Å². The van der Waals surface area contributed by atoms with Crippen LogP contribution in [-0.4, -0.2) is 25.3 Å². The summed E-state index contributed by atoms with van der Waals surface area (Å²) in [4.78, 5) is 22.4. The molecule has 1 heterocycles. The highest BCUT2D eigenvalue weighted by molar-refractivity contribution is 6.20. The van der Waals surface area contributed by atoms with Crippen molar-refractivity contribution in [1.82, 2.24) is 10.6 Å². The maximum absolute atomic E-state index is 11.4. The molecule has 4 heteroatoms. The number of Topliss-reactive ketones (excluding diaryl/α,β-unsaturated/α-hetero) is 1. The molecule has 2 N–H and O–H groups in total. The van der Waals surface area contributed by atoms with Crippen molar-refractivity contribution in [3.8, 4) is 0 Å².